The highest BCUT2D eigenvalue weighted by Crippen LogP contribution is 2.36. The molecule has 2 fully saturated rings. The molecule has 0 N–H and O–H groups in total. The van der Waals surface area contributed by atoms with E-state index in [1.807, 2.05) is 24.3 Å². The number of rotatable bonds is 4. The van der Waals surface area contributed by atoms with Gasteiger partial charge in [-0.2, -0.15) is 0 Å². The van der Waals surface area contributed by atoms with Crippen molar-refractivity contribution in [2.45, 2.75) is 45.3 Å². The molecular formula is C17H25BO4. The van der Waals surface area contributed by atoms with E-state index in [0.717, 1.165) is 37.5 Å². The molecule has 2 heterocycles. The van der Waals surface area contributed by atoms with Gasteiger partial charge in [0.25, 0.3) is 0 Å². The van der Waals surface area contributed by atoms with Crippen LogP contribution in [0.15, 0.2) is 24.3 Å². The van der Waals surface area contributed by atoms with Gasteiger partial charge in [0.1, 0.15) is 5.75 Å². The Balaban J connectivity index is 1.60. The first-order valence-corrected chi connectivity index (χ1v) is 8.03. The van der Waals surface area contributed by atoms with Crippen LogP contribution in [0, 0.1) is 5.92 Å². The standard InChI is InChI=1S/C17H25BO4/c1-16(2)17(3,4)22-18(21-16)14-5-7-15(8-6-14)20-12-13-9-10-19-11-13/h5-8,13H,9-12H2,1-4H3. The lowest BCUT2D eigenvalue weighted by Crippen LogP contribution is -2.41. The lowest BCUT2D eigenvalue weighted by Gasteiger charge is -2.32. The summed E-state index contributed by atoms with van der Waals surface area (Å²) in [5.74, 6) is 1.40. The fraction of sp³-hybridized carbons (Fsp3) is 0.647. The van der Waals surface area contributed by atoms with Crippen LogP contribution in [0.5, 0.6) is 5.75 Å². The molecule has 0 aliphatic carbocycles. The Labute approximate surface area is 133 Å². The summed E-state index contributed by atoms with van der Waals surface area (Å²) >= 11 is 0. The van der Waals surface area contributed by atoms with Crippen LogP contribution < -0.4 is 10.2 Å². The third-order valence-electron chi connectivity index (χ3n) is 4.92. The predicted octanol–water partition coefficient (Wildman–Crippen LogP) is 2.40. The van der Waals surface area contributed by atoms with Gasteiger partial charge in [0.15, 0.2) is 0 Å². The number of hydrogen-bond acceptors (Lipinski definition) is 4. The molecule has 0 aromatic heterocycles. The van der Waals surface area contributed by atoms with Crippen LogP contribution in [0.3, 0.4) is 0 Å². The number of hydrogen-bond donors (Lipinski definition) is 0. The van der Waals surface area contributed by atoms with Crippen molar-refractivity contribution in [1.29, 1.82) is 0 Å². The van der Waals surface area contributed by atoms with Gasteiger partial charge in [0.05, 0.1) is 24.4 Å². The molecule has 1 aromatic carbocycles. The highest BCUT2D eigenvalue weighted by Gasteiger charge is 2.51. The summed E-state index contributed by atoms with van der Waals surface area (Å²) in [4.78, 5) is 0. The van der Waals surface area contributed by atoms with Crippen molar-refractivity contribution in [2.24, 2.45) is 5.92 Å². The van der Waals surface area contributed by atoms with E-state index in [2.05, 4.69) is 27.7 Å². The third kappa shape index (κ3) is 3.17. The Morgan fingerprint density at radius 2 is 1.73 bits per heavy atom. The summed E-state index contributed by atoms with van der Waals surface area (Å²) in [6.45, 7) is 10.6. The van der Waals surface area contributed by atoms with Crippen LogP contribution in [0.4, 0.5) is 0 Å². The van der Waals surface area contributed by atoms with E-state index in [-0.39, 0.29) is 18.3 Å². The zero-order valence-corrected chi connectivity index (χ0v) is 13.9. The monoisotopic (exact) mass is 304 g/mol. The van der Waals surface area contributed by atoms with Gasteiger partial charge in [0.2, 0.25) is 0 Å². The average Bonchev–Trinajstić information content (AvgIpc) is 3.04. The van der Waals surface area contributed by atoms with Gasteiger partial charge in [-0.25, -0.2) is 0 Å². The largest absolute Gasteiger partial charge is 0.494 e. The summed E-state index contributed by atoms with van der Waals surface area (Å²) < 4.78 is 23.3. The molecule has 1 unspecified atom stereocenters. The van der Waals surface area contributed by atoms with Crippen molar-refractivity contribution < 1.29 is 18.8 Å². The maximum Gasteiger partial charge on any atom is 0.494 e. The third-order valence-corrected chi connectivity index (χ3v) is 4.92. The molecular weight excluding hydrogens is 279 g/mol. The molecule has 5 heteroatoms. The van der Waals surface area contributed by atoms with Crippen LogP contribution >= 0.6 is 0 Å². The zero-order chi connectivity index (χ0) is 15.8. The summed E-state index contributed by atoms with van der Waals surface area (Å²) in [6, 6.07) is 8.00. The molecule has 3 rings (SSSR count). The van der Waals surface area contributed by atoms with Gasteiger partial charge in [-0.1, -0.05) is 12.1 Å². The maximum atomic E-state index is 6.05. The quantitative estimate of drug-likeness (QED) is 0.801. The Bertz CT molecular complexity index is 490. The second-order valence-corrected chi connectivity index (χ2v) is 7.20. The maximum absolute atomic E-state index is 6.05. The van der Waals surface area contributed by atoms with E-state index in [1.165, 1.54) is 0 Å². The summed E-state index contributed by atoms with van der Waals surface area (Å²) in [5, 5.41) is 0. The van der Waals surface area contributed by atoms with E-state index in [4.69, 9.17) is 18.8 Å². The fourth-order valence-electron chi connectivity index (χ4n) is 2.63. The molecule has 1 atom stereocenters. The molecule has 1 aromatic rings. The summed E-state index contributed by atoms with van der Waals surface area (Å²) in [6.07, 6.45) is 1.09. The molecule has 4 nitrogen and oxygen atoms in total. The van der Waals surface area contributed by atoms with Crippen molar-refractivity contribution >= 4 is 12.6 Å². The van der Waals surface area contributed by atoms with Gasteiger partial charge < -0.3 is 18.8 Å². The first-order chi connectivity index (χ1) is 10.4. The van der Waals surface area contributed by atoms with Crippen molar-refractivity contribution in [1.82, 2.24) is 0 Å². The normalized spacial score (nSPS) is 26.4. The Kier molecular flexibility index (Phi) is 4.23. The van der Waals surface area contributed by atoms with Crippen molar-refractivity contribution in [3.05, 3.63) is 24.3 Å². The fourth-order valence-corrected chi connectivity index (χ4v) is 2.63. The van der Waals surface area contributed by atoms with Crippen LogP contribution in [-0.2, 0) is 14.0 Å². The van der Waals surface area contributed by atoms with E-state index in [1.54, 1.807) is 0 Å². The van der Waals surface area contributed by atoms with Crippen molar-refractivity contribution in [3.8, 4) is 5.75 Å². The van der Waals surface area contributed by atoms with Crippen molar-refractivity contribution in [3.63, 3.8) is 0 Å². The smallest absolute Gasteiger partial charge is 0.493 e. The SMILES string of the molecule is CC1(C)OB(c2ccc(OCC3CCOC3)cc2)OC1(C)C. The lowest BCUT2D eigenvalue weighted by atomic mass is 9.79. The second kappa shape index (κ2) is 5.87. The van der Waals surface area contributed by atoms with E-state index >= 15 is 0 Å². The highest BCUT2D eigenvalue weighted by molar-refractivity contribution is 6.62. The molecule has 22 heavy (non-hydrogen) atoms. The molecule has 2 saturated heterocycles. The molecule has 0 bridgehead atoms. The first kappa shape index (κ1) is 15.8. The van der Waals surface area contributed by atoms with Gasteiger partial charge in [-0.3, -0.25) is 0 Å². The van der Waals surface area contributed by atoms with Crippen LogP contribution in [-0.4, -0.2) is 38.1 Å². The predicted molar refractivity (Wildman–Crippen MR) is 86.6 cm³/mol. The zero-order valence-electron chi connectivity index (χ0n) is 13.9. The van der Waals surface area contributed by atoms with Crippen LogP contribution in [0.2, 0.25) is 0 Å². The summed E-state index contributed by atoms with van der Waals surface area (Å²) in [7, 11) is -0.317. The number of ether oxygens (including phenoxy) is 2. The van der Waals surface area contributed by atoms with Gasteiger partial charge in [0, 0.05) is 12.5 Å². The minimum Gasteiger partial charge on any atom is -0.493 e. The van der Waals surface area contributed by atoms with E-state index < -0.39 is 0 Å². The minimum absolute atomic E-state index is 0.310. The second-order valence-electron chi connectivity index (χ2n) is 7.20. The van der Waals surface area contributed by atoms with Gasteiger partial charge in [-0.05, 0) is 51.7 Å². The number of benzene rings is 1. The Morgan fingerprint density at radius 3 is 2.27 bits per heavy atom. The molecule has 0 spiro atoms. The summed E-state index contributed by atoms with van der Waals surface area (Å²) in [5.41, 5.74) is 0.403. The molecule has 2 aliphatic heterocycles. The molecule has 0 saturated carbocycles. The highest BCUT2D eigenvalue weighted by atomic mass is 16.7. The Hall–Kier alpha value is -1.04. The molecule has 0 amide bonds. The average molecular weight is 304 g/mol. The minimum atomic E-state index is -0.317. The van der Waals surface area contributed by atoms with E-state index in [9.17, 15) is 0 Å². The molecule has 120 valence electrons. The van der Waals surface area contributed by atoms with Crippen molar-refractivity contribution in [2.75, 3.05) is 19.8 Å². The molecule has 2 aliphatic rings. The van der Waals surface area contributed by atoms with E-state index in [0.29, 0.717) is 5.92 Å². The van der Waals surface area contributed by atoms with Crippen LogP contribution in [0.1, 0.15) is 34.1 Å². The topological polar surface area (TPSA) is 36.9 Å². The first-order valence-electron chi connectivity index (χ1n) is 8.03. The van der Waals surface area contributed by atoms with Gasteiger partial charge >= 0.3 is 7.12 Å². The Morgan fingerprint density at radius 1 is 1.09 bits per heavy atom. The molecule has 0 radical (unpaired) electrons. The van der Waals surface area contributed by atoms with Gasteiger partial charge in [-0.15, -0.1) is 0 Å². The van der Waals surface area contributed by atoms with Crippen LogP contribution in [0.25, 0.3) is 0 Å². The lowest BCUT2D eigenvalue weighted by molar-refractivity contribution is 0.00578.